The Morgan fingerprint density at radius 2 is 1.33 bits per heavy atom. The van der Waals surface area contributed by atoms with Crippen LogP contribution in [0.5, 0.6) is 23.0 Å². The van der Waals surface area contributed by atoms with Crippen molar-refractivity contribution in [1.82, 2.24) is 9.80 Å². The van der Waals surface area contributed by atoms with Crippen molar-refractivity contribution in [3.63, 3.8) is 0 Å². The van der Waals surface area contributed by atoms with Crippen LogP contribution in [0.25, 0.3) is 0 Å². The number of rotatable bonds is 7. The van der Waals surface area contributed by atoms with E-state index in [4.69, 9.17) is 14.2 Å². The van der Waals surface area contributed by atoms with Crippen molar-refractivity contribution in [2.45, 2.75) is 13.1 Å². The number of nitrogens with zero attached hydrogens (tertiary/aromatic N) is 2. The van der Waals surface area contributed by atoms with Gasteiger partial charge in [0.25, 0.3) is 0 Å². The maximum absolute atomic E-state index is 10.1. The van der Waals surface area contributed by atoms with Crippen LogP contribution in [0.3, 0.4) is 0 Å². The summed E-state index contributed by atoms with van der Waals surface area (Å²) < 4.78 is 15.8. The summed E-state index contributed by atoms with van der Waals surface area (Å²) in [5, 5.41) is 10.1. The zero-order chi connectivity index (χ0) is 19.2. The van der Waals surface area contributed by atoms with E-state index in [9.17, 15) is 5.11 Å². The first-order valence-electron chi connectivity index (χ1n) is 9.14. The van der Waals surface area contributed by atoms with Gasteiger partial charge in [-0.3, -0.25) is 9.80 Å². The summed E-state index contributed by atoms with van der Waals surface area (Å²) in [5.74, 6) is 1.84. The summed E-state index contributed by atoms with van der Waals surface area (Å²) in [7, 11) is 4.80. The molecule has 0 radical (unpaired) electrons. The number of hydrogen-bond acceptors (Lipinski definition) is 6. The molecule has 0 unspecified atom stereocenters. The van der Waals surface area contributed by atoms with Crippen molar-refractivity contribution < 1.29 is 19.3 Å². The van der Waals surface area contributed by atoms with Gasteiger partial charge in [0.1, 0.15) is 5.75 Å². The average Bonchev–Trinajstić information content (AvgIpc) is 2.70. The molecular weight excluding hydrogens is 344 g/mol. The third-order valence-electron chi connectivity index (χ3n) is 4.95. The monoisotopic (exact) mass is 372 g/mol. The smallest absolute Gasteiger partial charge is 0.200 e. The minimum absolute atomic E-state index is 0.0480. The van der Waals surface area contributed by atoms with Crippen molar-refractivity contribution >= 4 is 0 Å². The van der Waals surface area contributed by atoms with Gasteiger partial charge in [0.05, 0.1) is 21.3 Å². The fourth-order valence-corrected chi connectivity index (χ4v) is 3.43. The second-order valence-corrected chi connectivity index (χ2v) is 6.75. The zero-order valence-corrected chi connectivity index (χ0v) is 16.3. The highest BCUT2D eigenvalue weighted by atomic mass is 16.5. The summed E-state index contributed by atoms with van der Waals surface area (Å²) in [5.41, 5.74) is 2.35. The van der Waals surface area contributed by atoms with Crippen molar-refractivity contribution in [2.75, 3.05) is 47.5 Å². The number of hydrogen-bond donors (Lipinski definition) is 1. The van der Waals surface area contributed by atoms with Crippen LogP contribution in [0.2, 0.25) is 0 Å². The first-order chi connectivity index (χ1) is 13.1. The van der Waals surface area contributed by atoms with E-state index in [0.717, 1.165) is 50.6 Å². The number of phenols is 1. The Hall–Kier alpha value is -2.44. The lowest BCUT2D eigenvalue weighted by atomic mass is 10.1. The third kappa shape index (κ3) is 4.84. The van der Waals surface area contributed by atoms with E-state index in [2.05, 4.69) is 21.9 Å². The van der Waals surface area contributed by atoms with E-state index >= 15 is 0 Å². The molecule has 0 spiro atoms. The number of piperazine rings is 1. The van der Waals surface area contributed by atoms with Gasteiger partial charge in [-0.1, -0.05) is 12.1 Å². The Balaban J connectivity index is 1.56. The fraction of sp³-hybridized carbons (Fsp3) is 0.429. The molecule has 2 aromatic carbocycles. The van der Waals surface area contributed by atoms with Crippen LogP contribution >= 0.6 is 0 Å². The largest absolute Gasteiger partial charge is 0.502 e. The van der Waals surface area contributed by atoms with Crippen molar-refractivity contribution in [3.05, 3.63) is 47.5 Å². The molecule has 146 valence electrons. The molecule has 1 aliphatic heterocycles. The van der Waals surface area contributed by atoms with Crippen LogP contribution in [0, 0.1) is 0 Å². The Kier molecular flexibility index (Phi) is 6.42. The summed E-state index contributed by atoms with van der Waals surface area (Å²) in [6.45, 7) is 5.77. The molecule has 0 aromatic heterocycles. The highest BCUT2D eigenvalue weighted by molar-refractivity contribution is 5.52. The standard InChI is InChI=1S/C21H28N2O4/c1-25-18-6-4-5-16(11-18)14-22-7-9-23(10-8-22)15-17-12-19(26-2)21(24)20(13-17)27-3/h4-6,11-13,24H,7-10,14-15H2,1-3H3. The highest BCUT2D eigenvalue weighted by Gasteiger charge is 2.19. The van der Waals surface area contributed by atoms with Gasteiger partial charge in [0.2, 0.25) is 5.75 Å². The second-order valence-electron chi connectivity index (χ2n) is 6.75. The molecule has 1 N–H and O–H groups in total. The van der Waals surface area contributed by atoms with Gasteiger partial charge in [0.15, 0.2) is 11.5 Å². The lowest BCUT2D eigenvalue weighted by Gasteiger charge is -2.34. The van der Waals surface area contributed by atoms with E-state index in [-0.39, 0.29) is 5.75 Å². The molecule has 1 heterocycles. The van der Waals surface area contributed by atoms with E-state index in [1.807, 2.05) is 24.3 Å². The molecule has 0 amide bonds. The van der Waals surface area contributed by atoms with Gasteiger partial charge in [-0.15, -0.1) is 0 Å². The van der Waals surface area contributed by atoms with Gasteiger partial charge < -0.3 is 19.3 Å². The number of phenolic OH excluding ortho intramolecular Hbond substituents is 1. The van der Waals surface area contributed by atoms with Gasteiger partial charge in [-0.05, 0) is 35.4 Å². The first-order valence-corrected chi connectivity index (χ1v) is 9.14. The minimum Gasteiger partial charge on any atom is -0.502 e. The van der Waals surface area contributed by atoms with Crippen molar-refractivity contribution in [2.24, 2.45) is 0 Å². The first kappa shape index (κ1) is 19.3. The lowest BCUT2D eigenvalue weighted by molar-refractivity contribution is 0.122. The van der Waals surface area contributed by atoms with Crippen molar-refractivity contribution in [1.29, 1.82) is 0 Å². The summed E-state index contributed by atoms with van der Waals surface area (Å²) in [6, 6.07) is 12.0. The van der Waals surface area contributed by atoms with Crippen LogP contribution in [-0.4, -0.2) is 62.4 Å². The molecule has 0 atom stereocenters. The van der Waals surface area contributed by atoms with E-state index in [1.54, 1.807) is 21.3 Å². The number of aromatic hydroxyl groups is 1. The molecule has 2 aromatic rings. The normalized spacial score (nSPS) is 15.5. The van der Waals surface area contributed by atoms with E-state index in [1.165, 1.54) is 5.56 Å². The minimum atomic E-state index is 0.0480. The molecule has 1 aliphatic rings. The maximum atomic E-state index is 10.1. The van der Waals surface area contributed by atoms with Crippen LogP contribution < -0.4 is 14.2 Å². The molecule has 6 heteroatoms. The molecule has 3 rings (SSSR count). The number of ether oxygens (including phenoxy) is 3. The lowest BCUT2D eigenvalue weighted by Crippen LogP contribution is -2.45. The predicted molar refractivity (Wildman–Crippen MR) is 105 cm³/mol. The molecule has 0 aliphatic carbocycles. The van der Waals surface area contributed by atoms with Crippen LogP contribution in [0.4, 0.5) is 0 Å². The van der Waals surface area contributed by atoms with E-state index in [0.29, 0.717) is 11.5 Å². The fourth-order valence-electron chi connectivity index (χ4n) is 3.43. The summed E-state index contributed by atoms with van der Waals surface area (Å²) >= 11 is 0. The van der Waals surface area contributed by atoms with E-state index < -0.39 is 0 Å². The number of methoxy groups -OCH3 is 3. The summed E-state index contributed by atoms with van der Waals surface area (Å²) in [6.07, 6.45) is 0. The highest BCUT2D eigenvalue weighted by Crippen LogP contribution is 2.37. The van der Waals surface area contributed by atoms with Gasteiger partial charge >= 0.3 is 0 Å². The van der Waals surface area contributed by atoms with Gasteiger partial charge in [-0.2, -0.15) is 0 Å². The number of benzene rings is 2. The summed E-state index contributed by atoms with van der Waals surface area (Å²) in [4.78, 5) is 4.87. The molecule has 1 saturated heterocycles. The average molecular weight is 372 g/mol. The Morgan fingerprint density at radius 1 is 0.778 bits per heavy atom. The molecule has 0 bridgehead atoms. The maximum Gasteiger partial charge on any atom is 0.200 e. The third-order valence-corrected chi connectivity index (χ3v) is 4.95. The SMILES string of the molecule is COc1cccc(CN2CCN(Cc3cc(OC)c(O)c(OC)c3)CC2)c1. The second kappa shape index (κ2) is 8.97. The van der Waals surface area contributed by atoms with Gasteiger partial charge in [0, 0.05) is 39.3 Å². The van der Waals surface area contributed by atoms with Crippen LogP contribution in [0.1, 0.15) is 11.1 Å². The van der Waals surface area contributed by atoms with Crippen LogP contribution in [0.15, 0.2) is 36.4 Å². The topological polar surface area (TPSA) is 54.4 Å². The molecule has 0 saturated carbocycles. The Morgan fingerprint density at radius 3 is 1.85 bits per heavy atom. The predicted octanol–water partition coefficient (Wildman–Crippen LogP) is 2.74. The molecular formula is C21H28N2O4. The zero-order valence-electron chi connectivity index (χ0n) is 16.3. The van der Waals surface area contributed by atoms with Gasteiger partial charge in [-0.25, -0.2) is 0 Å². The molecule has 27 heavy (non-hydrogen) atoms. The van der Waals surface area contributed by atoms with Crippen molar-refractivity contribution in [3.8, 4) is 23.0 Å². The molecule has 1 fully saturated rings. The van der Waals surface area contributed by atoms with Crippen LogP contribution in [-0.2, 0) is 13.1 Å². The Bertz CT molecular complexity index is 733. The Labute approximate surface area is 160 Å². The molecule has 6 nitrogen and oxygen atoms in total. The quantitative estimate of drug-likeness (QED) is 0.807.